The first kappa shape index (κ1) is 74.4. The van der Waals surface area contributed by atoms with Gasteiger partial charge in [0.05, 0.1) is 0 Å². The largest absolute Gasteiger partial charge is 0.462 e. The van der Waals surface area contributed by atoms with Gasteiger partial charge in [-0.2, -0.15) is 0 Å². The van der Waals surface area contributed by atoms with Crippen LogP contribution >= 0.6 is 0 Å². The van der Waals surface area contributed by atoms with E-state index in [9.17, 15) is 14.4 Å². The molecule has 0 aliphatic rings. The fraction of sp³-hybridized carbons (Fsp3) is 0.845. The third kappa shape index (κ3) is 64.1. The van der Waals surface area contributed by atoms with Gasteiger partial charge in [0, 0.05) is 19.3 Å². The van der Waals surface area contributed by atoms with Crippen LogP contribution in [0.1, 0.15) is 367 Å². The van der Waals surface area contributed by atoms with Crippen molar-refractivity contribution in [2.75, 3.05) is 13.2 Å². The summed E-state index contributed by atoms with van der Waals surface area (Å²) in [5.41, 5.74) is 0. The highest BCUT2D eigenvalue weighted by molar-refractivity contribution is 5.71. The van der Waals surface area contributed by atoms with E-state index < -0.39 is 6.10 Å². The van der Waals surface area contributed by atoms with Crippen molar-refractivity contribution in [1.82, 2.24) is 0 Å². The number of rotatable bonds is 63. The van der Waals surface area contributed by atoms with Crippen molar-refractivity contribution in [3.8, 4) is 0 Å². The van der Waals surface area contributed by atoms with Crippen molar-refractivity contribution < 1.29 is 28.6 Å². The molecule has 0 saturated heterocycles. The molecule has 6 nitrogen and oxygen atoms in total. The van der Waals surface area contributed by atoms with Crippen molar-refractivity contribution in [3.63, 3.8) is 0 Å². The molecule has 0 saturated carbocycles. The van der Waals surface area contributed by atoms with E-state index in [1.165, 1.54) is 231 Å². The summed E-state index contributed by atoms with van der Waals surface area (Å²) in [6.07, 6.45) is 82.9. The molecule has 0 spiro atoms. The molecule has 450 valence electrons. The van der Waals surface area contributed by atoms with Crippen LogP contribution in [0, 0.1) is 0 Å². The van der Waals surface area contributed by atoms with E-state index in [0.717, 1.165) is 96.3 Å². The quantitative estimate of drug-likeness (QED) is 0.0261. The van der Waals surface area contributed by atoms with Gasteiger partial charge in [-0.1, -0.05) is 339 Å². The first-order chi connectivity index (χ1) is 38.0. The second-order valence-corrected chi connectivity index (χ2v) is 23.1. The number of unbranched alkanes of at least 4 members (excludes halogenated alkanes) is 44. The smallest absolute Gasteiger partial charge is 0.306 e. The van der Waals surface area contributed by atoms with Crippen LogP contribution in [0.15, 0.2) is 48.6 Å². The molecule has 1 unspecified atom stereocenters. The van der Waals surface area contributed by atoms with Gasteiger partial charge in [-0.3, -0.25) is 14.4 Å². The van der Waals surface area contributed by atoms with Crippen LogP contribution in [0.4, 0.5) is 0 Å². The van der Waals surface area contributed by atoms with Crippen LogP contribution in [0.25, 0.3) is 0 Å². The van der Waals surface area contributed by atoms with E-state index >= 15 is 0 Å². The molecule has 0 amide bonds. The van der Waals surface area contributed by atoms with Gasteiger partial charge in [0.1, 0.15) is 13.2 Å². The summed E-state index contributed by atoms with van der Waals surface area (Å²) in [6, 6.07) is 0. The van der Waals surface area contributed by atoms with Crippen LogP contribution in [0.2, 0.25) is 0 Å². The zero-order valence-corrected chi connectivity index (χ0v) is 51.7. The van der Waals surface area contributed by atoms with Crippen molar-refractivity contribution in [1.29, 1.82) is 0 Å². The molecule has 0 aliphatic carbocycles. The topological polar surface area (TPSA) is 78.9 Å². The van der Waals surface area contributed by atoms with Crippen LogP contribution < -0.4 is 0 Å². The summed E-state index contributed by atoms with van der Waals surface area (Å²) in [7, 11) is 0. The van der Waals surface area contributed by atoms with Crippen LogP contribution in [-0.2, 0) is 28.6 Å². The molecule has 0 N–H and O–H groups in total. The minimum atomic E-state index is -0.778. The van der Waals surface area contributed by atoms with Gasteiger partial charge in [-0.05, 0) is 57.8 Å². The fourth-order valence-corrected chi connectivity index (χ4v) is 10.3. The summed E-state index contributed by atoms with van der Waals surface area (Å²) < 4.78 is 16.9. The summed E-state index contributed by atoms with van der Waals surface area (Å²) in [4.78, 5) is 38.3. The molecule has 0 heterocycles. The zero-order valence-electron chi connectivity index (χ0n) is 51.7. The van der Waals surface area contributed by atoms with Gasteiger partial charge in [-0.15, -0.1) is 0 Å². The Balaban J connectivity index is 4.19. The number of carbonyl (C=O) groups is 3. The molecule has 0 bridgehead atoms. The number of allylic oxidation sites excluding steroid dienone is 8. The highest BCUT2D eigenvalue weighted by Gasteiger charge is 2.19. The molecule has 6 heteroatoms. The molecule has 0 aromatic rings. The van der Waals surface area contributed by atoms with Gasteiger partial charge in [0.15, 0.2) is 6.10 Å². The number of hydrogen-bond acceptors (Lipinski definition) is 6. The van der Waals surface area contributed by atoms with Gasteiger partial charge >= 0.3 is 17.9 Å². The van der Waals surface area contributed by atoms with E-state index in [0.29, 0.717) is 19.3 Å². The third-order valence-electron chi connectivity index (χ3n) is 15.3. The summed E-state index contributed by atoms with van der Waals surface area (Å²) in [6.45, 7) is 6.57. The van der Waals surface area contributed by atoms with Crippen molar-refractivity contribution in [2.45, 2.75) is 374 Å². The van der Waals surface area contributed by atoms with Gasteiger partial charge in [-0.25, -0.2) is 0 Å². The number of ether oxygens (including phenoxy) is 3. The number of carbonyl (C=O) groups excluding carboxylic acids is 3. The van der Waals surface area contributed by atoms with Crippen LogP contribution in [0.3, 0.4) is 0 Å². The Kier molecular flexibility index (Phi) is 63.6. The summed E-state index contributed by atoms with van der Waals surface area (Å²) in [5, 5.41) is 0. The maximum Gasteiger partial charge on any atom is 0.306 e. The molecular formula is C71H130O6. The first-order valence-corrected chi connectivity index (χ1v) is 34.1. The molecular weight excluding hydrogens is 949 g/mol. The first-order valence-electron chi connectivity index (χ1n) is 34.1. The highest BCUT2D eigenvalue weighted by Crippen LogP contribution is 2.18. The maximum absolute atomic E-state index is 12.9. The number of esters is 3. The molecule has 0 aromatic heterocycles. The Labute approximate surface area is 479 Å². The van der Waals surface area contributed by atoms with Crippen molar-refractivity contribution in [2.24, 2.45) is 0 Å². The lowest BCUT2D eigenvalue weighted by Crippen LogP contribution is -2.30. The van der Waals surface area contributed by atoms with Crippen LogP contribution in [-0.4, -0.2) is 37.2 Å². The van der Waals surface area contributed by atoms with E-state index in [4.69, 9.17) is 14.2 Å². The lowest BCUT2D eigenvalue weighted by Gasteiger charge is -2.18. The average Bonchev–Trinajstić information content (AvgIpc) is 3.43. The van der Waals surface area contributed by atoms with Crippen molar-refractivity contribution in [3.05, 3.63) is 48.6 Å². The Morgan fingerprint density at radius 1 is 0.273 bits per heavy atom. The van der Waals surface area contributed by atoms with Crippen molar-refractivity contribution >= 4 is 17.9 Å². The van der Waals surface area contributed by atoms with E-state index in [1.807, 2.05) is 0 Å². The monoisotopic (exact) mass is 1080 g/mol. The Morgan fingerprint density at radius 3 is 0.792 bits per heavy atom. The normalized spacial score (nSPS) is 12.3. The van der Waals surface area contributed by atoms with E-state index in [2.05, 4.69) is 69.4 Å². The predicted octanol–water partition coefficient (Wildman–Crippen LogP) is 23.3. The summed E-state index contributed by atoms with van der Waals surface area (Å²) in [5.74, 6) is -0.865. The third-order valence-corrected chi connectivity index (χ3v) is 15.3. The minimum Gasteiger partial charge on any atom is -0.462 e. The highest BCUT2D eigenvalue weighted by atomic mass is 16.6. The second-order valence-electron chi connectivity index (χ2n) is 23.1. The standard InChI is InChI=1S/C71H130O6/c1-4-7-10-13-16-19-22-25-27-29-31-32-33-34-35-36-37-38-39-41-42-44-46-49-52-55-58-61-64-70(73)76-67-68(66-75-69(72)63-60-57-54-51-48-24-21-18-15-12-9-6-3)77-71(74)65-62-59-56-53-50-47-45-43-40-30-28-26-23-20-17-14-11-8-5-2/h8,11,17,20,26,28,40,43,68H,4-7,9-10,12-16,18-19,21-25,27,29-39,41-42,44-67H2,1-3H3/b11-8-,20-17-,28-26-,43-40-. The molecule has 0 rings (SSSR count). The SMILES string of the molecule is CC/C=C\C/C=C\C/C=C\C/C=C\CCCCCCCCC(=O)OC(COC(=O)CCCCCCCCCCCCCC)COC(=O)CCCCCCCCCCCCCCCCCCCCCCCCCCCCCC. The number of hydrogen-bond donors (Lipinski definition) is 0. The Hall–Kier alpha value is -2.63. The predicted molar refractivity (Wildman–Crippen MR) is 335 cm³/mol. The van der Waals surface area contributed by atoms with E-state index in [1.54, 1.807) is 0 Å². The van der Waals surface area contributed by atoms with Gasteiger partial charge in [0.2, 0.25) is 0 Å². The Bertz CT molecular complexity index is 1330. The Morgan fingerprint density at radius 2 is 0.506 bits per heavy atom. The minimum absolute atomic E-state index is 0.0741. The molecule has 0 fully saturated rings. The molecule has 1 atom stereocenters. The van der Waals surface area contributed by atoms with Gasteiger partial charge in [0.25, 0.3) is 0 Å². The lowest BCUT2D eigenvalue weighted by atomic mass is 10.0. The van der Waals surface area contributed by atoms with Gasteiger partial charge < -0.3 is 14.2 Å². The molecule has 0 aliphatic heterocycles. The fourth-order valence-electron chi connectivity index (χ4n) is 10.3. The zero-order chi connectivity index (χ0) is 55.7. The molecule has 0 radical (unpaired) electrons. The average molecular weight is 1080 g/mol. The molecule has 0 aromatic carbocycles. The lowest BCUT2D eigenvalue weighted by molar-refractivity contribution is -0.167. The van der Waals surface area contributed by atoms with E-state index in [-0.39, 0.29) is 31.1 Å². The maximum atomic E-state index is 12.9. The second kappa shape index (κ2) is 65.9. The summed E-state index contributed by atoms with van der Waals surface area (Å²) >= 11 is 0. The van der Waals surface area contributed by atoms with Crippen LogP contribution in [0.5, 0.6) is 0 Å². The molecule has 77 heavy (non-hydrogen) atoms.